The van der Waals surface area contributed by atoms with E-state index in [9.17, 15) is 20.4 Å². The first-order chi connectivity index (χ1) is 25.2. The number of fused-ring (bicyclic) bond motifs is 4. The number of hydrogen-bond donors (Lipinski definition) is 5. The molecule has 13 nitrogen and oxygen atoms in total. The smallest absolute Gasteiger partial charge is 0.286 e. The lowest BCUT2D eigenvalue weighted by Crippen LogP contribution is -2.69. The van der Waals surface area contributed by atoms with Crippen LogP contribution in [0.5, 0.6) is 0 Å². The van der Waals surface area contributed by atoms with Crippen molar-refractivity contribution >= 4 is 0 Å². The van der Waals surface area contributed by atoms with E-state index < -0.39 is 89.9 Å². The van der Waals surface area contributed by atoms with Crippen LogP contribution in [0.3, 0.4) is 0 Å². The summed E-state index contributed by atoms with van der Waals surface area (Å²) >= 11 is 0. The molecule has 0 aromatic heterocycles. The van der Waals surface area contributed by atoms with Gasteiger partial charge in [-0.05, 0) is 72.8 Å². The van der Waals surface area contributed by atoms with Crippen LogP contribution in [0.2, 0.25) is 0 Å². The largest absolute Gasteiger partial charge is 0.387 e. The fraction of sp³-hybridized carbons (Fsp3) is 1.00. The maximum Gasteiger partial charge on any atom is 0.286 e. The molecule has 5 rings (SSSR count). The highest BCUT2D eigenvalue weighted by Gasteiger charge is 2.64. The van der Waals surface area contributed by atoms with Crippen molar-refractivity contribution in [1.82, 2.24) is 5.32 Å². The lowest BCUT2D eigenvalue weighted by atomic mass is 9.74. The van der Waals surface area contributed by atoms with Crippen molar-refractivity contribution in [2.75, 3.05) is 13.7 Å². The van der Waals surface area contributed by atoms with Gasteiger partial charge in [0, 0.05) is 31.4 Å². The van der Waals surface area contributed by atoms with Crippen LogP contribution < -0.4 is 5.32 Å². The summed E-state index contributed by atoms with van der Waals surface area (Å²) in [5, 5.41) is 51.0. The minimum Gasteiger partial charge on any atom is -0.387 e. The van der Waals surface area contributed by atoms with E-state index in [1.807, 2.05) is 48.5 Å². The van der Waals surface area contributed by atoms with Crippen LogP contribution in [0.1, 0.15) is 128 Å². The number of nitrogens with one attached hydrogen (secondary N) is 1. The van der Waals surface area contributed by atoms with Gasteiger partial charge in [-0.3, -0.25) is 0 Å². The van der Waals surface area contributed by atoms with Gasteiger partial charge in [0.05, 0.1) is 59.8 Å². The Morgan fingerprint density at radius 2 is 1.54 bits per heavy atom. The molecule has 54 heavy (non-hydrogen) atoms. The first-order valence-corrected chi connectivity index (χ1v) is 21.0. The third-order valence-corrected chi connectivity index (χ3v) is 13.7. The van der Waals surface area contributed by atoms with Gasteiger partial charge in [-0.25, -0.2) is 0 Å². The number of aliphatic hydroxyl groups is 4. The monoisotopic (exact) mass is 774 g/mol. The molecule has 5 aliphatic heterocycles. The maximum absolute atomic E-state index is 12.6. The third kappa shape index (κ3) is 8.74. The van der Waals surface area contributed by atoms with Gasteiger partial charge in [0.1, 0.15) is 17.8 Å². The van der Waals surface area contributed by atoms with Gasteiger partial charge < -0.3 is 63.6 Å². The second kappa shape index (κ2) is 17.4. The van der Waals surface area contributed by atoms with E-state index in [1.165, 1.54) is 6.42 Å². The summed E-state index contributed by atoms with van der Waals surface area (Å²) in [5.74, 6) is -3.90. The lowest BCUT2D eigenvalue weighted by Gasteiger charge is -2.55. The zero-order valence-electron chi connectivity index (χ0n) is 35.2. The predicted molar refractivity (Wildman–Crippen MR) is 201 cm³/mol. The van der Waals surface area contributed by atoms with Crippen LogP contribution in [0, 0.1) is 23.7 Å². The lowest BCUT2D eigenvalue weighted by molar-refractivity contribution is -0.481. The fourth-order valence-corrected chi connectivity index (χ4v) is 10.4. The molecule has 316 valence electrons. The minimum atomic E-state index is -2.18. The van der Waals surface area contributed by atoms with Crippen molar-refractivity contribution in [2.45, 2.75) is 224 Å². The van der Waals surface area contributed by atoms with Gasteiger partial charge in [-0.15, -0.1) is 0 Å². The first-order valence-electron chi connectivity index (χ1n) is 21.0. The van der Waals surface area contributed by atoms with E-state index >= 15 is 0 Å². The van der Waals surface area contributed by atoms with Crippen LogP contribution in [-0.2, 0) is 37.9 Å². The van der Waals surface area contributed by atoms with Crippen LogP contribution in [-0.4, -0.2) is 130 Å². The molecule has 13 heteroatoms. The van der Waals surface area contributed by atoms with Gasteiger partial charge in [0.15, 0.2) is 12.6 Å². The van der Waals surface area contributed by atoms with Gasteiger partial charge in [0.2, 0.25) is 0 Å². The van der Waals surface area contributed by atoms with Crippen LogP contribution in [0.15, 0.2) is 0 Å². The summed E-state index contributed by atoms with van der Waals surface area (Å²) in [4.78, 5) is 0. The van der Waals surface area contributed by atoms with Gasteiger partial charge in [-0.1, -0.05) is 60.8 Å². The molecule has 0 aromatic rings. The number of hydrogen-bond acceptors (Lipinski definition) is 13. The molecule has 5 N–H and O–H groups in total. The fourth-order valence-electron chi connectivity index (χ4n) is 10.4. The molecule has 5 saturated heterocycles. The van der Waals surface area contributed by atoms with E-state index in [-0.39, 0.29) is 36.5 Å². The number of unbranched alkanes of at least 4 members (excludes halogenated alkanes) is 3. The number of rotatable bonds is 12. The van der Waals surface area contributed by atoms with Crippen molar-refractivity contribution in [3.8, 4) is 0 Å². The van der Waals surface area contributed by atoms with Gasteiger partial charge in [0.25, 0.3) is 5.97 Å². The van der Waals surface area contributed by atoms with E-state index in [0.29, 0.717) is 19.3 Å². The minimum absolute atomic E-state index is 0.0232. The summed E-state index contributed by atoms with van der Waals surface area (Å²) in [5.41, 5.74) is -3.31. The summed E-state index contributed by atoms with van der Waals surface area (Å²) in [7, 11) is 1.56. The highest BCUT2D eigenvalue weighted by Crippen LogP contribution is 2.52. The summed E-state index contributed by atoms with van der Waals surface area (Å²) in [6, 6.07) is -0.223. The standard InChI is InChI=1S/C41H75NO12/c1-13-15-16-17-18-42-28-19-23(4)48-37(31(28)43)51-35-25(6)33(50-30-21-38(9,47-12)34(44)27(8)49-30)26(7)41(46)52-29(14-2)40(11,45)36(54-41)24(5)32-22(3)20-39(35,10)53-32/h22-37,42-46H,13-21H2,1-12H3/t22-,23?,24-,25-,26+,27?,28?,29+,30-,31?,32?,33-,34-,35+,36+,37-,38?,39+,40+,41-/m0/s1. The Kier molecular flexibility index (Phi) is 14.3. The molecule has 6 unspecified atom stereocenters. The average Bonchev–Trinajstić information content (AvgIpc) is 3.43. The highest BCUT2D eigenvalue weighted by molar-refractivity contribution is 5.07. The normalized spacial score (nSPS) is 52.9. The van der Waals surface area contributed by atoms with E-state index in [0.717, 1.165) is 25.8 Å². The zero-order chi connectivity index (χ0) is 40.0. The molecule has 0 saturated carbocycles. The molecule has 0 aromatic carbocycles. The van der Waals surface area contributed by atoms with Crippen molar-refractivity contribution in [1.29, 1.82) is 0 Å². The summed E-state index contributed by atoms with van der Waals surface area (Å²) < 4.78 is 52.6. The number of methoxy groups -OCH3 is 1. The van der Waals surface area contributed by atoms with Crippen molar-refractivity contribution in [2.24, 2.45) is 23.7 Å². The Labute approximate surface area is 324 Å². The molecule has 20 atom stereocenters. The molecule has 4 bridgehead atoms. The Bertz CT molecular complexity index is 1210. The molecule has 0 radical (unpaired) electrons. The molecule has 0 spiro atoms. The Hall–Kier alpha value is -0.520. The average molecular weight is 774 g/mol. The molecule has 5 fully saturated rings. The Morgan fingerprint density at radius 1 is 0.833 bits per heavy atom. The summed E-state index contributed by atoms with van der Waals surface area (Å²) in [6.07, 6.45) is -1.60. The molecule has 5 heterocycles. The van der Waals surface area contributed by atoms with Crippen LogP contribution in [0.4, 0.5) is 0 Å². The molecule has 0 aliphatic carbocycles. The van der Waals surface area contributed by atoms with Crippen LogP contribution in [0.25, 0.3) is 0 Å². The van der Waals surface area contributed by atoms with E-state index in [4.69, 9.17) is 37.9 Å². The Morgan fingerprint density at radius 3 is 2.19 bits per heavy atom. The molecule has 5 aliphatic rings. The quantitative estimate of drug-likeness (QED) is 0.178. The summed E-state index contributed by atoms with van der Waals surface area (Å²) in [6.45, 7) is 22.2. The molecule has 0 amide bonds. The third-order valence-electron chi connectivity index (χ3n) is 13.7. The zero-order valence-corrected chi connectivity index (χ0v) is 35.2. The van der Waals surface area contributed by atoms with E-state index in [1.54, 1.807) is 21.0 Å². The topological polar surface area (TPSA) is 167 Å². The van der Waals surface area contributed by atoms with Crippen molar-refractivity contribution in [3.05, 3.63) is 0 Å². The first kappa shape index (κ1) is 44.6. The van der Waals surface area contributed by atoms with E-state index in [2.05, 4.69) is 19.2 Å². The molecular weight excluding hydrogens is 698 g/mol. The Balaban J connectivity index is 1.56. The van der Waals surface area contributed by atoms with Gasteiger partial charge >= 0.3 is 0 Å². The SMILES string of the molecule is CCCCCCNC1CC(C)O[C@@H](O[C@@H]2[C@@H](C)[C@H](O[C@H]3CC(C)(OC)[C@@H](O)C(C)O3)[C@@H](C)[C@@]3(O)O[C@H]([C@@H](C)C4O[C@]2(C)C[C@@H]4C)[C@](C)(O)[C@@H](CC)O3)C1O. The number of aliphatic hydroxyl groups excluding tert-OH is 2. The molecular formula is C41H75NO12. The second-order valence-corrected chi connectivity index (χ2v) is 18.2. The predicted octanol–water partition coefficient (Wildman–Crippen LogP) is 4.39. The maximum atomic E-state index is 12.6. The van der Waals surface area contributed by atoms with Crippen molar-refractivity contribution in [3.63, 3.8) is 0 Å². The highest BCUT2D eigenvalue weighted by atomic mass is 16.8. The number of ether oxygens (including phenoxy) is 8. The van der Waals surface area contributed by atoms with Crippen LogP contribution >= 0.6 is 0 Å². The second-order valence-electron chi connectivity index (χ2n) is 18.2. The van der Waals surface area contributed by atoms with Gasteiger partial charge in [-0.2, -0.15) is 0 Å². The van der Waals surface area contributed by atoms with Crippen molar-refractivity contribution < 1.29 is 58.3 Å².